The Kier molecular flexibility index (Phi) is 10.1. The molecule has 202 valence electrons. The molecule has 2 nitrogen and oxygen atoms in total. The van der Waals surface area contributed by atoms with E-state index in [0.717, 1.165) is 28.7 Å². The van der Waals surface area contributed by atoms with Crippen molar-refractivity contribution in [2.45, 2.75) is 143 Å². The Balaban J connectivity index is 2.55. The van der Waals surface area contributed by atoms with Crippen molar-refractivity contribution in [2.24, 2.45) is 0 Å². The van der Waals surface area contributed by atoms with Crippen molar-refractivity contribution < 1.29 is 10.2 Å². The van der Waals surface area contributed by atoms with E-state index < -0.39 is 0 Å². The van der Waals surface area contributed by atoms with Crippen molar-refractivity contribution in [1.82, 2.24) is 0 Å². The topological polar surface area (TPSA) is 40.5 Å². The van der Waals surface area contributed by atoms with Gasteiger partial charge in [0.2, 0.25) is 0 Å². The molecule has 0 aliphatic heterocycles. The highest BCUT2D eigenvalue weighted by molar-refractivity contribution is 5.55. The first-order valence-electron chi connectivity index (χ1n) is 14.3. The Bertz CT molecular complexity index is 932. The highest BCUT2D eigenvalue weighted by Crippen LogP contribution is 2.46. The van der Waals surface area contributed by atoms with Crippen LogP contribution in [0.15, 0.2) is 24.3 Å². The second kappa shape index (κ2) is 12.1. The summed E-state index contributed by atoms with van der Waals surface area (Å²) >= 11 is 0. The van der Waals surface area contributed by atoms with Gasteiger partial charge < -0.3 is 10.2 Å². The first kappa shape index (κ1) is 30.3. The lowest BCUT2D eigenvalue weighted by molar-refractivity contribution is 0.434. The van der Waals surface area contributed by atoms with Gasteiger partial charge in [0, 0.05) is 5.41 Å². The summed E-state index contributed by atoms with van der Waals surface area (Å²) in [4.78, 5) is 0. The molecule has 0 aromatic heterocycles. The van der Waals surface area contributed by atoms with E-state index in [1.54, 1.807) is 0 Å². The fraction of sp³-hybridized carbons (Fsp3) is 0.647. The summed E-state index contributed by atoms with van der Waals surface area (Å²) in [6, 6.07) is 8.45. The molecule has 2 N–H and O–H groups in total. The van der Waals surface area contributed by atoms with E-state index in [9.17, 15) is 10.2 Å². The lowest BCUT2D eigenvalue weighted by Crippen LogP contribution is -2.28. The number of hydrogen-bond donors (Lipinski definition) is 2. The SMILES string of the molecule is CCCCCCCCCCC(C)(c1cc(C(C)(C)C)c(O)cc1C)c1cc(C(C)(C)C)c(O)cc1C. The van der Waals surface area contributed by atoms with Crippen molar-refractivity contribution in [3.8, 4) is 11.5 Å². The number of phenolic OH excluding ortho intramolecular Hbond substituents is 2. The summed E-state index contributed by atoms with van der Waals surface area (Å²) in [6.07, 6.45) is 11.4. The summed E-state index contributed by atoms with van der Waals surface area (Å²) in [6.45, 7) is 21.9. The number of benzene rings is 2. The molecule has 0 radical (unpaired) electrons. The van der Waals surface area contributed by atoms with Gasteiger partial charge >= 0.3 is 0 Å². The van der Waals surface area contributed by atoms with Crippen LogP contribution < -0.4 is 0 Å². The zero-order chi connectivity index (χ0) is 27.3. The monoisotopic (exact) mass is 494 g/mol. The summed E-state index contributed by atoms with van der Waals surface area (Å²) < 4.78 is 0. The molecule has 0 atom stereocenters. The highest BCUT2D eigenvalue weighted by Gasteiger charge is 2.35. The number of phenols is 2. The lowest BCUT2D eigenvalue weighted by atomic mass is 9.67. The minimum absolute atomic E-state index is 0.146. The van der Waals surface area contributed by atoms with Crippen molar-refractivity contribution in [3.63, 3.8) is 0 Å². The fourth-order valence-electron chi connectivity index (χ4n) is 5.80. The maximum absolute atomic E-state index is 10.8. The van der Waals surface area contributed by atoms with Gasteiger partial charge in [-0.05, 0) is 76.6 Å². The van der Waals surface area contributed by atoms with Crippen LogP contribution in [0.5, 0.6) is 11.5 Å². The molecule has 2 heteroatoms. The quantitative estimate of drug-likeness (QED) is 0.305. The van der Waals surface area contributed by atoms with Gasteiger partial charge in [-0.15, -0.1) is 0 Å². The van der Waals surface area contributed by atoms with E-state index in [1.165, 1.54) is 62.5 Å². The first-order valence-corrected chi connectivity index (χ1v) is 14.3. The predicted molar refractivity (Wildman–Crippen MR) is 157 cm³/mol. The maximum atomic E-state index is 10.8. The summed E-state index contributed by atoms with van der Waals surface area (Å²) in [5.74, 6) is 0.770. The smallest absolute Gasteiger partial charge is 0.119 e. The molecule has 0 heterocycles. The minimum Gasteiger partial charge on any atom is -0.508 e. The van der Waals surface area contributed by atoms with E-state index in [-0.39, 0.29) is 16.2 Å². The molecule has 0 saturated carbocycles. The Morgan fingerprint density at radius 2 is 0.889 bits per heavy atom. The van der Waals surface area contributed by atoms with Gasteiger partial charge in [-0.3, -0.25) is 0 Å². The summed E-state index contributed by atoms with van der Waals surface area (Å²) in [7, 11) is 0. The molecular weight excluding hydrogens is 440 g/mol. The van der Waals surface area contributed by atoms with Gasteiger partial charge in [0.05, 0.1) is 0 Å². The molecule has 0 spiro atoms. The van der Waals surface area contributed by atoms with Crippen LogP contribution in [0.25, 0.3) is 0 Å². The van der Waals surface area contributed by atoms with Crippen molar-refractivity contribution in [2.75, 3.05) is 0 Å². The average Bonchev–Trinajstić information content (AvgIpc) is 2.73. The fourth-order valence-corrected chi connectivity index (χ4v) is 5.80. The largest absolute Gasteiger partial charge is 0.508 e. The molecule has 2 rings (SSSR count). The number of aromatic hydroxyl groups is 2. The Labute approximate surface area is 222 Å². The second-order valence-electron chi connectivity index (χ2n) is 13.4. The zero-order valence-corrected chi connectivity index (χ0v) is 25.1. The van der Waals surface area contributed by atoms with E-state index in [0.29, 0.717) is 11.5 Å². The zero-order valence-electron chi connectivity index (χ0n) is 25.1. The van der Waals surface area contributed by atoms with Crippen LogP contribution in [0.3, 0.4) is 0 Å². The molecular formula is C34H54O2. The predicted octanol–water partition coefficient (Wildman–Crippen LogP) is 10.1. The van der Waals surface area contributed by atoms with Gasteiger partial charge in [0.1, 0.15) is 11.5 Å². The molecule has 0 amide bonds. The van der Waals surface area contributed by atoms with Crippen LogP contribution >= 0.6 is 0 Å². The molecule has 0 aliphatic rings. The third kappa shape index (κ3) is 7.30. The Morgan fingerprint density at radius 3 is 1.25 bits per heavy atom. The number of rotatable bonds is 11. The molecule has 0 saturated heterocycles. The van der Waals surface area contributed by atoms with Gasteiger partial charge in [-0.25, -0.2) is 0 Å². The Morgan fingerprint density at radius 1 is 0.528 bits per heavy atom. The molecule has 2 aromatic rings. The average molecular weight is 495 g/mol. The lowest BCUT2D eigenvalue weighted by Gasteiger charge is -2.37. The number of aryl methyl sites for hydroxylation is 2. The Hall–Kier alpha value is -1.96. The van der Waals surface area contributed by atoms with Crippen LogP contribution in [-0.2, 0) is 16.2 Å². The first-order chi connectivity index (χ1) is 16.6. The van der Waals surface area contributed by atoms with Crippen LogP contribution in [0.4, 0.5) is 0 Å². The second-order valence-corrected chi connectivity index (χ2v) is 13.4. The van der Waals surface area contributed by atoms with Gasteiger partial charge in [0.25, 0.3) is 0 Å². The number of hydrogen-bond acceptors (Lipinski definition) is 2. The molecule has 0 unspecified atom stereocenters. The van der Waals surface area contributed by atoms with Crippen molar-refractivity contribution in [3.05, 3.63) is 57.6 Å². The van der Waals surface area contributed by atoms with Crippen molar-refractivity contribution >= 4 is 0 Å². The molecule has 0 aliphatic carbocycles. The maximum Gasteiger partial charge on any atom is 0.119 e. The van der Waals surface area contributed by atoms with Gasteiger partial charge in [-0.2, -0.15) is 0 Å². The van der Waals surface area contributed by atoms with E-state index >= 15 is 0 Å². The number of unbranched alkanes of at least 4 members (excludes halogenated alkanes) is 7. The highest BCUT2D eigenvalue weighted by atomic mass is 16.3. The summed E-state index contributed by atoms with van der Waals surface area (Å²) in [5.41, 5.74) is 6.34. The van der Waals surface area contributed by atoms with Gasteiger partial charge in [-0.1, -0.05) is 119 Å². The van der Waals surface area contributed by atoms with Crippen molar-refractivity contribution in [1.29, 1.82) is 0 Å². The van der Waals surface area contributed by atoms with Crippen LogP contribution in [0, 0.1) is 13.8 Å². The molecule has 36 heavy (non-hydrogen) atoms. The van der Waals surface area contributed by atoms with E-state index in [4.69, 9.17) is 0 Å². The molecule has 2 aromatic carbocycles. The minimum atomic E-state index is -0.211. The standard InChI is InChI=1S/C34H54O2/c1-11-12-13-14-15-16-17-18-19-34(10,26-22-28(32(4,5)6)30(35)20-24(26)2)27-23-29(33(7,8)9)31(36)21-25(27)3/h20-23,35-36H,11-19H2,1-10H3. The third-order valence-corrected chi connectivity index (χ3v) is 8.02. The normalized spacial score (nSPS) is 12.8. The molecule has 0 fully saturated rings. The van der Waals surface area contributed by atoms with Crippen LogP contribution in [-0.4, -0.2) is 10.2 Å². The third-order valence-electron chi connectivity index (χ3n) is 8.02. The van der Waals surface area contributed by atoms with Crippen LogP contribution in [0.2, 0.25) is 0 Å². The van der Waals surface area contributed by atoms with E-state index in [1.807, 2.05) is 12.1 Å². The molecule has 0 bridgehead atoms. The van der Waals surface area contributed by atoms with Crippen LogP contribution in [0.1, 0.15) is 147 Å². The summed E-state index contributed by atoms with van der Waals surface area (Å²) in [5, 5.41) is 21.7. The van der Waals surface area contributed by atoms with Gasteiger partial charge in [0.15, 0.2) is 0 Å². The van der Waals surface area contributed by atoms with E-state index in [2.05, 4.69) is 81.4 Å².